The van der Waals surface area contributed by atoms with E-state index >= 15 is 0 Å². The predicted octanol–water partition coefficient (Wildman–Crippen LogP) is -0.305. The molecule has 0 heterocycles. The minimum atomic E-state index is -0.776. The van der Waals surface area contributed by atoms with Crippen LogP contribution >= 0.6 is 11.6 Å². The van der Waals surface area contributed by atoms with Gasteiger partial charge in [0, 0.05) is 5.41 Å². The van der Waals surface area contributed by atoms with E-state index in [0.29, 0.717) is 11.5 Å². The van der Waals surface area contributed by atoms with Crippen LogP contribution in [0.4, 0.5) is 4.79 Å². The van der Waals surface area contributed by atoms with Gasteiger partial charge in [0.1, 0.15) is 37.4 Å². The zero-order valence-corrected chi connectivity index (χ0v) is 22.5. The summed E-state index contributed by atoms with van der Waals surface area (Å²) >= 11 is 5.86. The van der Waals surface area contributed by atoms with Crippen molar-refractivity contribution in [3.05, 3.63) is 59.7 Å². The lowest BCUT2D eigenvalue weighted by atomic mass is 9.78. The summed E-state index contributed by atoms with van der Waals surface area (Å²) in [6, 6.07) is 15.2. The van der Waals surface area contributed by atoms with E-state index in [4.69, 9.17) is 35.3 Å². The first-order valence-electron chi connectivity index (χ1n) is 12.1. The molecule has 9 N–H and O–H groups in total. The SMILES string of the molecule is CC(C)(c1ccc(OCC(CCl)OC(=O)C[NH3+])cc1)c1ccc(OCC(COC([NH3+])=O)OC(=O)C[NH3+])cc1. The molecule has 2 aromatic carbocycles. The fraction of sp³-hybridized carbons (Fsp3) is 0.423. The van der Waals surface area contributed by atoms with Gasteiger partial charge in [-0.3, -0.25) is 5.73 Å². The van der Waals surface area contributed by atoms with Crippen molar-refractivity contribution in [1.82, 2.24) is 0 Å². The molecule has 2 aromatic rings. The normalized spacial score (nSPS) is 12.7. The number of rotatable bonds is 15. The van der Waals surface area contributed by atoms with Gasteiger partial charge in [-0.15, -0.1) is 11.6 Å². The van der Waals surface area contributed by atoms with E-state index in [2.05, 4.69) is 31.0 Å². The molecule has 38 heavy (non-hydrogen) atoms. The molecule has 0 saturated heterocycles. The van der Waals surface area contributed by atoms with Crippen LogP contribution in [0.5, 0.6) is 11.5 Å². The molecule has 0 radical (unpaired) electrons. The molecule has 1 amide bonds. The number of hydrogen-bond donors (Lipinski definition) is 3. The summed E-state index contributed by atoms with van der Waals surface area (Å²) in [6.45, 7) is 4.17. The Hall–Kier alpha value is -3.38. The Labute approximate surface area is 226 Å². The fourth-order valence-electron chi connectivity index (χ4n) is 3.38. The minimum Gasteiger partial charge on any atom is -0.490 e. The number of ether oxygens (including phenoxy) is 5. The third-order valence-electron chi connectivity index (χ3n) is 5.63. The van der Waals surface area contributed by atoms with Crippen molar-refractivity contribution in [2.75, 3.05) is 38.8 Å². The van der Waals surface area contributed by atoms with Crippen molar-refractivity contribution in [2.45, 2.75) is 31.5 Å². The van der Waals surface area contributed by atoms with E-state index < -0.39 is 30.2 Å². The van der Waals surface area contributed by atoms with Gasteiger partial charge in [0.2, 0.25) is 0 Å². The van der Waals surface area contributed by atoms with Crippen molar-refractivity contribution in [3.63, 3.8) is 0 Å². The first kappa shape index (κ1) is 30.8. The highest BCUT2D eigenvalue weighted by Gasteiger charge is 2.24. The van der Waals surface area contributed by atoms with Gasteiger partial charge in [-0.1, -0.05) is 38.1 Å². The Kier molecular flexibility index (Phi) is 12.3. The summed E-state index contributed by atoms with van der Waals surface area (Å²) in [5.74, 6) is 0.377. The Morgan fingerprint density at radius 3 is 1.58 bits per heavy atom. The molecular formula is C26H37ClN3O8+3. The summed E-state index contributed by atoms with van der Waals surface area (Å²) in [4.78, 5) is 34.0. The van der Waals surface area contributed by atoms with E-state index in [1.807, 2.05) is 48.5 Å². The van der Waals surface area contributed by atoms with Gasteiger partial charge in [0.25, 0.3) is 0 Å². The molecule has 0 aliphatic rings. The second kappa shape index (κ2) is 15.1. The molecule has 2 rings (SSSR count). The molecule has 0 spiro atoms. The molecule has 2 unspecified atom stereocenters. The summed E-state index contributed by atoms with van der Waals surface area (Å²) in [6.07, 6.45) is -2.05. The van der Waals surface area contributed by atoms with E-state index in [1.54, 1.807) is 0 Å². The first-order valence-corrected chi connectivity index (χ1v) is 12.6. The Morgan fingerprint density at radius 1 is 0.763 bits per heavy atom. The van der Waals surface area contributed by atoms with Crippen LogP contribution in [0.2, 0.25) is 0 Å². The number of halogens is 1. The molecule has 0 bridgehead atoms. The van der Waals surface area contributed by atoms with Crippen LogP contribution < -0.4 is 26.7 Å². The van der Waals surface area contributed by atoms with Crippen LogP contribution in [0.3, 0.4) is 0 Å². The van der Waals surface area contributed by atoms with Crippen molar-refractivity contribution >= 4 is 29.6 Å². The summed E-state index contributed by atoms with van der Waals surface area (Å²) in [7, 11) is 0. The lowest BCUT2D eigenvalue weighted by Crippen LogP contribution is -2.58. The second-order valence-electron chi connectivity index (χ2n) is 8.86. The van der Waals surface area contributed by atoms with E-state index in [-0.39, 0.29) is 44.2 Å². The lowest BCUT2D eigenvalue weighted by molar-refractivity contribution is -0.360. The number of esters is 2. The van der Waals surface area contributed by atoms with Gasteiger partial charge in [-0.25, -0.2) is 9.59 Å². The molecular weight excluding hydrogens is 518 g/mol. The third kappa shape index (κ3) is 9.82. The van der Waals surface area contributed by atoms with Crippen LogP contribution in [0.1, 0.15) is 25.0 Å². The molecule has 2 atom stereocenters. The smallest absolute Gasteiger partial charge is 0.490 e. The largest absolute Gasteiger partial charge is 0.511 e. The highest BCUT2D eigenvalue weighted by molar-refractivity contribution is 6.18. The van der Waals surface area contributed by atoms with Gasteiger partial charge in [-0.2, -0.15) is 4.79 Å². The lowest BCUT2D eigenvalue weighted by Gasteiger charge is -2.27. The van der Waals surface area contributed by atoms with Gasteiger partial charge < -0.3 is 35.2 Å². The zero-order chi connectivity index (χ0) is 28.1. The highest BCUT2D eigenvalue weighted by atomic mass is 35.5. The van der Waals surface area contributed by atoms with E-state index in [1.165, 1.54) is 0 Å². The van der Waals surface area contributed by atoms with Gasteiger partial charge in [-0.05, 0) is 35.4 Å². The number of carbonyl (C=O) groups excluding carboxylic acids is 3. The molecule has 0 aromatic heterocycles. The maximum atomic E-state index is 11.6. The van der Waals surface area contributed by atoms with Gasteiger partial charge in [0.15, 0.2) is 19.2 Å². The van der Waals surface area contributed by atoms with Crippen LogP contribution in [0.15, 0.2) is 48.5 Å². The average Bonchev–Trinajstić information content (AvgIpc) is 2.92. The van der Waals surface area contributed by atoms with Gasteiger partial charge >= 0.3 is 18.0 Å². The highest BCUT2D eigenvalue weighted by Crippen LogP contribution is 2.33. The van der Waals surface area contributed by atoms with Crippen LogP contribution in [0, 0.1) is 0 Å². The molecule has 12 heteroatoms. The van der Waals surface area contributed by atoms with Crippen LogP contribution in [-0.4, -0.2) is 69.0 Å². The van der Waals surface area contributed by atoms with E-state index in [9.17, 15) is 14.4 Å². The number of quaternary nitrogens is 3. The number of amides is 1. The molecule has 0 fully saturated rings. The van der Waals surface area contributed by atoms with Crippen molar-refractivity contribution in [1.29, 1.82) is 0 Å². The van der Waals surface area contributed by atoms with Crippen molar-refractivity contribution < 1.29 is 55.3 Å². The Bertz CT molecular complexity index is 1050. The van der Waals surface area contributed by atoms with Gasteiger partial charge in [0.05, 0.1) is 5.88 Å². The Balaban J connectivity index is 1.99. The summed E-state index contributed by atoms with van der Waals surface area (Å²) in [5.41, 5.74) is 11.9. The molecule has 0 saturated carbocycles. The molecule has 208 valence electrons. The number of alkyl halides is 1. The van der Waals surface area contributed by atoms with Crippen molar-refractivity contribution in [3.8, 4) is 11.5 Å². The maximum Gasteiger partial charge on any atom is 0.511 e. The third-order valence-corrected chi connectivity index (χ3v) is 5.97. The zero-order valence-electron chi connectivity index (χ0n) is 21.8. The first-order chi connectivity index (χ1) is 18.1. The van der Waals surface area contributed by atoms with Crippen LogP contribution in [-0.2, 0) is 29.2 Å². The molecule has 11 nitrogen and oxygen atoms in total. The summed E-state index contributed by atoms with van der Waals surface area (Å²) < 4.78 is 26.7. The number of hydrogen-bond acceptors (Lipinski definition) is 8. The van der Waals surface area contributed by atoms with Crippen LogP contribution in [0.25, 0.3) is 0 Å². The number of benzene rings is 2. The monoisotopic (exact) mass is 554 g/mol. The standard InChI is InChI=1S/C26H34ClN3O8/c1-26(2,17-3-7-19(8-4-17)34-14-21(11-27)37-23(31)12-28)18-5-9-20(10-6-18)35-15-22(16-36-25(30)33)38-24(32)13-29/h3-10,21-22H,11-16,28-29H2,1-2H3,(H2,30,33)/p+3. The van der Waals surface area contributed by atoms with Crippen molar-refractivity contribution in [2.24, 2.45) is 0 Å². The second-order valence-corrected chi connectivity index (χ2v) is 9.17. The fourth-order valence-corrected chi connectivity index (χ4v) is 3.53. The molecule has 0 aliphatic heterocycles. The number of carbonyl (C=O) groups is 3. The summed E-state index contributed by atoms with van der Waals surface area (Å²) in [5, 5.41) is 0. The molecule has 0 aliphatic carbocycles. The minimum absolute atomic E-state index is 0.00231. The Morgan fingerprint density at radius 2 is 1.18 bits per heavy atom. The predicted molar refractivity (Wildman–Crippen MR) is 136 cm³/mol. The maximum absolute atomic E-state index is 11.6. The quantitative estimate of drug-likeness (QED) is 0.152. The average molecular weight is 555 g/mol. The topological polar surface area (TPSA) is 180 Å². The van der Waals surface area contributed by atoms with E-state index in [0.717, 1.165) is 11.1 Å².